The van der Waals surface area contributed by atoms with Crippen LogP contribution in [0.4, 0.5) is 0 Å². The van der Waals surface area contributed by atoms with Gasteiger partial charge in [-0.25, -0.2) is 4.98 Å². The second-order valence-corrected chi connectivity index (χ2v) is 9.13. The van der Waals surface area contributed by atoms with Crippen molar-refractivity contribution < 1.29 is 14.3 Å². The maximum absolute atomic E-state index is 12.2. The van der Waals surface area contributed by atoms with Crippen molar-refractivity contribution in [3.05, 3.63) is 102 Å². The molecule has 4 aromatic carbocycles. The lowest BCUT2D eigenvalue weighted by Gasteiger charge is -2.13. The third kappa shape index (κ3) is 6.22. The van der Waals surface area contributed by atoms with Gasteiger partial charge in [-0.1, -0.05) is 60.1 Å². The number of benzene rings is 4. The van der Waals surface area contributed by atoms with Gasteiger partial charge in [0.1, 0.15) is 23.9 Å². The molecule has 0 saturated carbocycles. The zero-order valence-electron chi connectivity index (χ0n) is 20.4. The number of halogens is 1. The number of carbonyl (C=O) groups is 1. The van der Waals surface area contributed by atoms with Gasteiger partial charge in [0.15, 0.2) is 6.61 Å². The van der Waals surface area contributed by atoms with Crippen molar-refractivity contribution in [3.8, 4) is 11.5 Å². The Labute approximate surface area is 220 Å². The number of amides is 1. The predicted octanol–water partition coefficient (Wildman–Crippen LogP) is 6.05. The molecule has 188 valence electrons. The summed E-state index contributed by atoms with van der Waals surface area (Å²) in [5, 5.41) is 5.81. The second-order valence-electron chi connectivity index (χ2n) is 8.69. The van der Waals surface area contributed by atoms with Gasteiger partial charge >= 0.3 is 0 Å². The SMILES string of the molecule is O=C(COc1ccc(Cl)cc1)NCCCc1nc2ccccc2n1CCOc1cccc2ccccc12. The van der Waals surface area contributed by atoms with Gasteiger partial charge in [-0.3, -0.25) is 4.79 Å². The minimum absolute atomic E-state index is 0.0361. The number of nitrogens with one attached hydrogen (secondary N) is 1. The van der Waals surface area contributed by atoms with Crippen molar-refractivity contribution >= 4 is 39.3 Å². The van der Waals surface area contributed by atoms with Gasteiger partial charge in [0.25, 0.3) is 5.91 Å². The highest BCUT2D eigenvalue weighted by molar-refractivity contribution is 6.30. The summed E-state index contributed by atoms with van der Waals surface area (Å²) in [4.78, 5) is 17.0. The summed E-state index contributed by atoms with van der Waals surface area (Å²) in [6.45, 7) is 1.71. The highest BCUT2D eigenvalue weighted by Gasteiger charge is 2.11. The molecule has 6 nitrogen and oxygen atoms in total. The van der Waals surface area contributed by atoms with E-state index in [2.05, 4.69) is 34.1 Å². The molecule has 1 amide bonds. The number of nitrogens with zero attached hydrogens (tertiary/aromatic N) is 2. The monoisotopic (exact) mass is 513 g/mol. The van der Waals surface area contributed by atoms with Crippen LogP contribution in [0.15, 0.2) is 91.0 Å². The van der Waals surface area contributed by atoms with Crippen LogP contribution in [-0.4, -0.2) is 35.2 Å². The largest absolute Gasteiger partial charge is 0.491 e. The molecule has 0 aliphatic heterocycles. The minimum atomic E-state index is -0.160. The summed E-state index contributed by atoms with van der Waals surface area (Å²) < 4.78 is 13.9. The molecule has 5 rings (SSSR count). The summed E-state index contributed by atoms with van der Waals surface area (Å²) in [6, 6.07) is 29.4. The third-order valence-corrected chi connectivity index (χ3v) is 6.39. The molecule has 5 aromatic rings. The van der Waals surface area contributed by atoms with Crippen LogP contribution < -0.4 is 14.8 Å². The Morgan fingerprint density at radius 1 is 0.892 bits per heavy atom. The second kappa shape index (κ2) is 11.8. The Kier molecular flexibility index (Phi) is 7.87. The van der Waals surface area contributed by atoms with Gasteiger partial charge < -0.3 is 19.4 Å². The first-order valence-corrected chi connectivity index (χ1v) is 12.7. The van der Waals surface area contributed by atoms with Crippen LogP contribution in [0.25, 0.3) is 21.8 Å². The molecule has 1 aromatic heterocycles. The quantitative estimate of drug-likeness (QED) is 0.218. The van der Waals surface area contributed by atoms with Gasteiger partial charge in [-0.15, -0.1) is 0 Å². The Hall–Kier alpha value is -4.03. The van der Waals surface area contributed by atoms with E-state index in [4.69, 9.17) is 26.1 Å². The molecule has 0 atom stereocenters. The summed E-state index contributed by atoms with van der Waals surface area (Å²) in [7, 11) is 0. The fourth-order valence-electron chi connectivity index (χ4n) is 4.34. The van der Waals surface area contributed by atoms with E-state index >= 15 is 0 Å². The molecule has 0 saturated heterocycles. The number of para-hydroxylation sites is 2. The fraction of sp³-hybridized carbons (Fsp3) is 0.200. The molecular weight excluding hydrogens is 486 g/mol. The van der Waals surface area contributed by atoms with Crippen molar-refractivity contribution in [2.24, 2.45) is 0 Å². The Morgan fingerprint density at radius 2 is 1.68 bits per heavy atom. The van der Waals surface area contributed by atoms with E-state index in [1.54, 1.807) is 24.3 Å². The number of ether oxygens (including phenoxy) is 2. The third-order valence-electron chi connectivity index (χ3n) is 6.14. The number of aryl methyl sites for hydroxylation is 1. The number of imidazole rings is 1. The van der Waals surface area contributed by atoms with E-state index in [1.165, 1.54) is 0 Å². The van der Waals surface area contributed by atoms with Crippen LogP contribution >= 0.6 is 11.6 Å². The minimum Gasteiger partial charge on any atom is -0.491 e. The maximum Gasteiger partial charge on any atom is 0.257 e. The first-order valence-electron chi connectivity index (χ1n) is 12.4. The van der Waals surface area contributed by atoms with Crippen LogP contribution in [0, 0.1) is 0 Å². The number of carbonyl (C=O) groups excluding carboxylic acids is 1. The van der Waals surface area contributed by atoms with Gasteiger partial charge in [0.2, 0.25) is 0 Å². The molecule has 0 spiro atoms. The average Bonchev–Trinajstić information content (AvgIpc) is 3.28. The van der Waals surface area contributed by atoms with Crippen LogP contribution in [-0.2, 0) is 17.8 Å². The van der Waals surface area contributed by atoms with E-state index in [9.17, 15) is 4.79 Å². The Balaban J connectivity index is 1.16. The average molecular weight is 514 g/mol. The summed E-state index contributed by atoms with van der Waals surface area (Å²) in [6.07, 6.45) is 1.50. The van der Waals surface area contributed by atoms with E-state index in [-0.39, 0.29) is 12.5 Å². The van der Waals surface area contributed by atoms with Gasteiger partial charge in [-0.2, -0.15) is 0 Å². The van der Waals surface area contributed by atoms with Crippen LogP contribution in [0.3, 0.4) is 0 Å². The maximum atomic E-state index is 12.2. The van der Waals surface area contributed by atoms with Crippen LogP contribution in [0.5, 0.6) is 11.5 Å². The molecule has 0 bridgehead atoms. The molecular formula is C30H28ClN3O3. The van der Waals surface area contributed by atoms with Crippen molar-refractivity contribution in [2.45, 2.75) is 19.4 Å². The van der Waals surface area contributed by atoms with Crippen molar-refractivity contribution in [3.63, 3.8) is 0 Å². The number of fused-ring (bicyclic) bond motifs is 2. The first kappa shape index (κ1) is 24.7. The molecule has 0 aliphatic carbocycles. The molecule has 1 N–H and O–H groups in total. The lowest BCUT2D eigenvalue weighted by atomic mass is 10.1. The summed E-state index contributed by atoms with van der Waals surface area (Å²) in [5.41, 5.74) is 2.04. The lowest BCUT2D eigenvalue weighted by molar-refractivity contribution is -0.123. The van der Waals surface area contributed by atoms with Gasteiger partial charge in [0.05, 0.1) is 17.6 Å². The Bertz CT molecular complexity index is 1490. The molecule has 7 heteroatoms. The van der Waals surface area contributed by atoms with E-state index in [0.717, 1.165) is 46.2 Å². The predicted molar refractivity (Wildman–Crippen MR) is 147 cm³/mol. The zero-order valence-corrected chi connectivity index (χ0v) is 21.2. The molecule has 0 unspecified atom stereocenters. The summed E-state index contributed by atoms with van der Waals surface area (Å²) in [5.74, 6) is 2.31. The van der Waals surface area contributed by atoms with E-state index in [1.807, 2.05) is 42.5 Å². The molecule has 0 radical (unpaired) electrons. The topological polar surface area (TPSA) is 65.4 Å². The normalized spacial score (nSPS) is 11.1. The first-order chi connectivity index (χ1) is 18.2. The van der Waals surface area contributed by atoms with Crippen molar-refractivity contribution in [1.29, 1.82) is 0 Å². The number of aromatic nitrogens is 2. The molecule has 37 heavy (non-hydrogen) atoms. The highest BCUT2D eigenvalue weighted by atomic mass is 35.5. The summed E-state index contributed by atoms with van der Waals surface area (Å²) >= 11 is 5.87. The zero-order chi connectivity index (χ0) is 25.5. The van der Waals surface area contributed by atoms with Crippen molar-refractivity contribution in [1.82, 2.24) is 14.9 Å². The van der Waals surface area contributed by atoms with Crippen LogP contribution in [0.1, 0.15) is 12.2 Å². The lowest BCUT2D eigenvalue weighted by Crippen LogP contribution is -2.30. The van der Waals surface area contributed by atoms with Crippen molar-refractivity contribution in [2.75, 3.05) is 19.8 Å². The van der Waals surface area contributed by atoms with Crippen LogP contribution in [0.2, 0.25) is 5.02 Å². The van der Waals surface area contributed by atoms with Gasteiger partial charge in [-0.05, 0) is 54.3 Å². The Morgan fingerprint density at radius 3 is 2.57 bits per heavy atom. The molecule has 0 aliphatic rings. The standard InChI is InChI=1S/C30H28ClN3O3/c31-23-14-16-24(17-15-23)37-21-30(35)32-18-6-13-29-33-26-10-3-4-11-27(26)34(29)19-20-36-28-12-5-8-22-7-1-2-9-25(22)28/h1-5,7-12,14-17H,6,13,18-21H2,(H,32,35). The number of rotatable bonds is 11. The fourth-order valence-corrected chi connectivity index (χ4v) is 4.47. The highest BCUT2D eigenvalue weighted by Crippen LogP contribution is 2.25. The van der Waals surface area contributed by atoms with Gasteiger partial charge in [0, 0.05) is 23.4 Å². The molecule has 0 fully saturated rings. The molecule has 1 heterocycles. The smallest absolute Gasteiger partial charge is 0.257 e. The number of hydrogen-bond donors (Lipinski definition) is 1. The number of hydrogen-bond acceptors (Lipinski definition) is 4. The van der Waals surface area contributed by atoms with E-state index < -0.39 is 0 Å². The van der Waals surface area contributed by atoms with E-state index in [0.29, 0.717) is 30.5 Å².